The highest BCUT2D eigenvalue weighted by Gasteiger charge is 2.24. The van der Waals surface area contributed by atoms with Crippen LogP contribution < -0.4 is 27.8 Å². The summed E-state index contributed by atoms with van der Waals surface area (Å²) < 4.78 is 19.0. The van der Waals surface area contributed by atoms with Gasteiger partial charge >= 0.3 is 0 Å². The first-order valence-electron chi connectivity index (χ1n) is 12.8. The fraction of sp³-hybridized carbons (Fsp3) is 0.250. The molecule has 0 saturated heterocycles. The molecule has 0 aliphatic heterocycles. The van der Waals surface area contributed by atoms with Crippen LogP contribution in [-0.4, -0.2) is 40.3 Å². The standard InChI is InChI=1S/C28H31FN8O3/c29-19-10-7-17(8-11-19)9-12-23(36-25(38)21(30)5-3-13-33-28(31)32)27-37-24(16-40-27)26(39)35-20-14-18-4-1-2-6-22(18)34-15-20/h1-2,4,6-8,10-11,14-16,21,23H,3,5,9,12-13,30H2,(H,35,39)(H,36,38)(H4,31,32,33)/t21-,23-/m1/s1. The maximum absolute atomic E-state index is 13.3. The minimum Gasteiger partial charge on any atom is -0.446 e. The summed E-state index contributed by atoms with van der Waals surface area (Å²) in [7, 11) is 0. The summed E-state index contributed by atoms with van der Waals surface area (Å²) >= 11 is 0. The fourth-order valence-electron chi connectivity index (χ4n) is 4.04. The van der Waals surface area contributed by atoms with Crippen molar-refractivity contribution < 1.29 is 18.4 Å². The van der Waals surface area contributed by atoms with Crippen molar-refractivity contribution in [3.63, 3.8) is 0 Å². The van der Waals surface area contributed by atoms with Gasteiger partial charge in [0.25, 0.3) is 5.91 Å². The second kappa shape index (κ2) is 13.3. The maximum atomic E-state index is 13.3. The third-order valence-electron chi connectivity index (χ3n) is 6.16. The second-order valence-corrected chi connectivity index (χ2v) is 9.22. The van der Waals surface area contributed by atoms with E-state index in [1.54, 1.807) is 18.3 Å². The van der Waals surface area contributed by atoms with Crippen LogP contribution in [0.25, 0.3) is 10.9 Å². The Hall–Kier alpha value is -4.84. The molecule has 0 fully saturated rings. The Labute approximate surface area is 230 Å². The molecule has 2 aromatic heterocycles. The van der Waals surface area contributed by atoms with E-state index in [0.717, 1.165) is 16.5 Å². The number of para-hydroxylation sites is 1. The highest BCUT2D eigenvalue weighted by Crippen LogP contribution is 2.21. The third kappa shape index (κ3) is 7.84. The molecule has 11 nitrogen and oxygen atoms in total. The molecule has 4 rings (SSSR count). The number of nitrogens with zero attached hydrogens (tertiary/aromatic N) is 3. The first kappa shape index (κ1) is 28.2. The molecule has 0 aliphatic carbocycles. The highest BCUT2D eigenvalue weighted by molar-refractivity contribution is 6.03. The van der Waals surface area contributed by atoms with Crippen LogP contribution in [-0.2, 0) is 11.2 Å². The van der Waals surface area contributed by atoms with Crippen molar-refractivity contribution in [1.82, 2.24) is 15.3 Å². The molecule has 0 radical (unpaired) electrons. The normalized spacial score (nSPS) is 12.4. The SMILES string of the molecule is NC(N)=NCCC[C@@H](N)C(=O)N[C@H](CCc1ccc(F)cc1)c1nc(C(=O)Nc2cnc3ccccc3c2)co1. The number of fused-ring (bicyclic) bond motifs is 1. The van der Waals surface area contributed by atoms with Gasteiger partial charge in [0.15, 0.2) is 11.7 Å². The van der Waals surface area contributed by atoms with Crippen molar-refractivity contribution in [3.8, 4) is 0 Å². The molecular formula is C28H31FN8O3. The molecule has 0 unspecified atom stereocenters. The number of hydrogen-bond acceptors (Lipinski definition) is 7. The monoisotopic (exact) mass is 546 g/mol. The Morgan fingerprint density at radius 3 is 2.62 bits per heavy atom. The minimum atomic E-state index is -0.819. The summed E-state index contributed by atoms with van der Waals surface area (Å²) in [5.41, 5.74) is 18.9. The van der Waals surface area contributed by atoms with Crippen molar-refractivity contribution in [2.45, 2.75) is 37.8 Å². The molecule has 40 heavy (non-hydrogen) atoms. The lowest BCUT2D eigenvalue weighted by atomic mass is 10.0. The van der Waals surface area contributed by atoms with Gasteiger partial charge in [0.1, 0.15) is 18.1 Å². The van der Waals surface area contributed by atoms with Crippen LogP contribution in [0.1, 0.15) is 47.2 Å². The predicted molar refractivity (Wildman–Crippen MR) is 150 cm³/mol. The highest BCUT2D eigenvalue weighted by atomic mass is 19.1. The zero-order chi connectivity index (χ0) is 28.5. The topological polar surface area (TPSA) is 188 Å². The Morgan fingerprint density at radius 1 is 1.07 bits per heavy atom. The number of nitrogens with two attached hydrogens (primary N) is 3. The van der Waals surface area contributed by atoms with Gasteiger partial charge in [-0.25, -0.2) is 9.37 Å². The quantitative estimate of drug-likeness (QED) is 0.102. The van der Waals surface area contributed by atoms with Crippen LogP contribution in [0.5, 0.6) is 0 Å². The molecule has 0 bridgehead atoms. The third-order valence-corrected chi connectivity index (χ3v) is 6.16. The molecule has 4 aromatic rings. The van der Waals surface area contributed by atoms with Crippen molar-refractivity contribution >= 4 is 34.4 Å². The van der Waals surface area contributed by atoms with Gasteiger partial charge in [-0.15, -0.1) is 0 Å². The number of carbonyl (C=O) groups excluding carboxylic acids is 2. The van der Waals surface area contributed by atoms with E-state index in [-0.39, 0.29) is 23.4 Å². The lowest BCUT2D eigenvalue weighted by Crippen LogP contribution is -2.42. The molecule has 2 atom stereocenters. The van der Waals surface area contributed by atoms with Crippen LogP contribution in [0, 0.1) is 5.82 Å². The Kier molecular flexibility index (Phi) is 9.36. The molecule has 12 heteroatoms. The number of pyridine rings is 1. The van der Waals surface area contributed by atoms with Crippen molar-refractivity contribution in [1.29, 1.82) is 0 Å². The van der Waals surface area contributed by atoms with E-state index in [2.05, 4.69) is 25.6 Å². The second-order valence-electron chi connectivity index (χ2n) is 9.22. The van der Waals surface area contributed by atoms with Gasteiger partial charge in [-0.2, -0.15) is 0 Å². The van der Waals surface area contributed by atoms with E-state index < -0.39 is 23.9 Å². The Morgan fingerprint density at radius 2 is 1.85 bits per heavy atom. The number of hydrogen-bond donors (Lipinski definition) is 5. The van der Waals surface area contributed by atoms with E-state index in [1.807, 2.05) is 30.3 Å². The molecular weight excluding hydrogens is 515 g/mol. The molecule has 0 aliphatic rings. The number of aryl methyl sites for hydroxylation is 1. The number of halogens is 1. The summed E-state index contributed by atoms with van der Waals surface area (Å²) in [5, 5.41) is 6.51. The average Bonchev–Trinajstić information content (AvgIpc) is 3.44. The van der Waals surface area contributed by atoms with Crippen molar-refractivity contribution in [2.75, 3.05) is 11.9 Å². The van der Waals surface area contributed by atoms with E-state index in [1.165, 1.54) is 18.4 Å². The number of anilines is 1. The zero-order valence-corrected chi connectivity index (χ0v) is 21.7. The van der Waals surface area contributed by atoms with E-state index in [0.29, 0.717) is 37.9 Å². The van der Waals surface area contributed by atoms with Gasteiger partial charge in [0.2, 0.25) is 11.8 Å². The smallest absolute Gasteiger partial charge is 0.277 e. The van der Waals surface area contributed by atoms with Crippen LogP contribution in [0.4, 0.5) is 10.1 Å². The number of benzene rings is 2. The van der Waals surface area contributed by atoms with Gasteiger partial charge in [-0.1, -0.05) is 30.3 Å². The lowest BCUT2D eigenvalue weighted by molar-refractivity contribution is -0.123. The van der Waals surface area contributed by atoms with E-state index in [9.17, 15) is 14.0 Å². The molecule has 208 valence electrons. The summed E-state index contributed by atoms with van der Waals surface area (Å²) in [4.78, 5) is 38.3. The molecule has 2 amide bonds. The molecule has 8 N–H and O–H groups in total. The number of rotatable bonds is 12. The zero-order valence-electron chi connectivity index (χ0n) is 21.7. The molecule has 0 spiro atoms. The van der Waals surface area contributed by atoms with Crippen LogP contribution in [0.15, 0.2) is 76.5 Å². The molecule has 2 aromatic carbocycles. The fourth-order valence-corrected chi connectivity index (χ4v) is 4.04. The summed E-state index contributed by atoms with van der Waals surface area (Å²) in [6, 6.07) is 13.9. The summed E-state index contributed by atoms with van der Waals surface area (Å²) in [6.07, 6.45) is 4.50. The van der Waals surface area contributed by atoms with Crippen LogP contribution in [0.2, 0.25) is 0 Å². The molecule has 2 heterocycles. The number of aliphatic imine (C=N–C) groups is 1. The van der Waals surface area contributed by atoms with Crippen LogP contribution >= 0.6 is 0 Å². The van der Waals surface area contributed by atoms with E-state index >= 15 is 0 Å². The van der Waals surface area contributed by atoms with E-state index in [4.69, 9.17) is 21.6 Å². The first-order valence-corrected chi connectivity index (χ1v) is 12.8. The average molecular weight is 547 g/mol. The number of guanidine groups is 1. The largest absolute Gasteiger partial charge is 0.446 e. The van der Waals surface area contributed by atoms with Gasteiger partial charge in [0.05, 0.1) is 23.4 Å². The Bertz CT molecular complexity index is 1480. The van der Waals surface area contributed by atoms with Gasteiger partial charge < -0.3 is 32.3 Å². The number of carbonyl (C=O) groups is 2. The number of aromatic nitrogens is 2. The number of amides is 2. The van der Waals surface area contributed by atoms with Gasteiger partial charge in [-0.05, 0) is 55.5 Å². The number of oxazole rings is 1. The van der Waals surface area contributed by atoms with Crippen LogP contribution in [0.3, 0.4) is 0 Å². The summed E-state index contributed by atoms with van der Waals surface area (Å²) in [5.74, 6) is -1.14. The molecule has 0 saturated carbocycles. The predicted octanol–water partition coefficient (Wildman–Crippen LogP) is 2.79. The summed E-state index contributed by atoms with van der Waals surface area (Å²) in [6.45, 7) is 0.349. The van der Waals surface area contributed by atoms with Crippen molar-refractivity contribution in [3.05, 3.63) is 90.0 Å². The van der Waals surface area contributed by atoms with Gasteiger partial charge in [0, 0.05) is 11.9 Å². The van der Waals surface area contributed by atoms with Gasteiger partial charge in [-0.3, -0.25) is 19.6 Å². The maximum Gasteiger partial charge on any atom is 0.277 e. The minimum absolute atomic E-state index is 0.0282. The lowest BCUT2D eigenvalue weighted by Gasteiger charge is -2.19. The Balaban J connectivity index is 1.45. The first-order chi connectivity index (χ1) is 19.3. The van der Waals surface area contributed by atoms with Crippen molar-refractivity contribution in [2.24, 2.45) is 22.2 Å². The number of nitrogens with one attached hydrogen (secondary N) is 2.